The van der Waals surface area contributed by atoms with Gasteiger partial charge in [0.05, 0.1) is 0 Å². The maximum atomic E-state index is 13.5. The van der Waals surface area contributed by atoms with Gasteiger partial charge in [-0.15, -0.1) is 11.8 Å². The lowest BCUT2D eigenvalue weighted by Crippen LogP contribution is -2.33. The molecule has 1 aromatic carbocycles. The van der Waals surface area contributed by atoms with E-state index < -0.39 is 58.8 Å². The highest BCUT2D eigenvalue weighted by Crippen LogP contribution is 2.34. The van der Waals surface area contributed by atoms with Gasteiger partial charge in [-0.05, 0) is 12.1 Å². The van der Waals surface area contributed by atoms with Crippen LogP contribution in [0.1, 0.15) is 16.9 Å². The molecule has 1 aliphatic rings. The number of benzene rings is 1. The number of carboxylic acids is 1. The first-order chi connectivity index (χ1) is 12.3. The average molecular weight is 395 g/mol. The number of hydrogen-bond donors (Lipinski definition) is 2. The van der Waals surface area contributed by atoms with E-state index in [1.165, 1.54) is 23.9 Å². The fourth-order valence-electron chi connectivity index (χ4n) is 2.25. The Morgan fingerprint density at radius 2 is 1.77 bits per heavy atom. The molecule has 2 N–H and O–H groups in total. The lowest BCUT2D eigenvalue weighted by molar-refractivity contribution is -0.138. The molecule has 140 valence electrons. The summed E-state index contributed by atoms with van der Waals surface area (Å²) in [6.07, 6.45) is 0. The van der Waals surface area contributed by atoms with E-state index in [4.69, 9.17) is 14.3 Å². The van der Waals surface area contributed by atoms with Crippen LogP contribution >= 0.6 is 11.8 Å². The first-order valence-electron chi connectivity index (χ1n) is 7.13. The molecule has 1 aliphatic heterocycles. The summed E-state index contributed by atoms with van der Waals surface area (Å²) in [7, 11) is 0. The van der Waals surface area contributed by atoms with Gasteiger partial charge in [-0.25, -0.2) is 13.2 Å². The Morgan fingerprint density at radius 1 is 1.15 bits per heavy atom. The number of furan rings is 1. The zero-order chi connectivity index (χ0) is 19.0. The number of thioether (sulfide) groups is 1. The highest BCUT2D eigenvalue weighted by atomic mass is 32.2. The van der Waals surface area contributed by atoms with Crippen LogP contribution in [0.25, 0.3) is 0 Å². The van der Waals surface area contributed by atoms with Crippen molar-refractivity contribution in [2.24, 2.45) is 0 Å². The summed E-state index contributed by atoms with van der Waals surface area (Å²) in [5.41, 5.74) is 0. The minimum Gasteiger partial charge on any atom is -0.480 e. The van der Waals surface area contributed by atoms with E-state index in [1.54, 1.807) is 0 Å². The molecule has 26 heavy (non-hydrogen) atoms. The predicted octanol–water partition coefficient (Wildman–Crippen LogP) is 3.34. The smallest absolute Gasteiger partial charge is 0.321 e. The Bertz CT molecular complexity index is 830. The van der Waals surface area contributed by atoms with Crippen LogP contribution in [-0.4, -0.2) is 22.9 Å². The number of carbonyl (C=O) groups is 1. The van der Waals surface area contributed by atoms with Crippen molar-refractivity contribution in [3.05, 3.63) is 52.7 Å². The number of ether oxygens (including phenoxy) is 1. The largest absolute Gasteiger partial charge is 0.480 e. The first kappa shape index (κ1) is 18.5. The number of nitrogens with one attached hydrogen (secondary N) is 1. The van der Waals surface area contributed by atoms with Crippen LogP contribution in [0.3, 0.4) is 0 Å². The predicted molar refractivity (Wildman–Crippen MR) is 79.0 cm³/mol. The Balaban J connectivity index is 1.71. The second-order valence-electron chi connectivity index (χ2n) is 5.26. The van der Waals surface area contributed by atoms with Crippen molar-refractivity contribution in [2.75, 3.05) is 5.75 Å². The van der Waals surface area contributed by atoms with E-state index in [1.807, 2.05) is 0 Å². The second kappa shape index (κ2) is 7.16. The third-order valence-electron chi connectivity index (χ3n) is 3.55. The number of rotatable bonds is 5. The van der Waals surface area contributed by atoms with Crippen LogP contribution in [-0.2, 0) is 11.4 Å². The Kier molecular flexibility index (Phi) is 5.10. The van der Waals surface area contributed by atoms with Gasteiger partial charge in [0.15, 0.2) is 5.75 Å². The summed E-state index contributed by atoms with van der Waals surface area (Å²) >= 11 is 1.28. The molecule has 3 rings (SSSR count). The minimum atomic E-state index is -2.27. The minimum absolute atomic E-state index is 0.0603. The van der Waals surface area contributed by atoms with Gasteiger partial charge in [-0.1, -0.05) is 0 Å². The molecule has 1 saturated heterocycles. The van der Waals surface area contributed by atoms with Gasteiger partial charge in [0.2, 0.25) is 29.1 Å². The molecule has 1 fully saturated rings. The van der Waals surface area contributed by atoms with Crippen LogP contribution in [0.5, 0.6) is 5.75 Å². The molecule has 0 aliphatic carbocycles. The summed E-state index contributed by atoms with van der Waals surface area (Å²) in [4.78, 5) is 10.9. The van der Waals surface area contributed by atoms with Crippen LogP contribution < -0.4 is 10.1 Å². The molecule has 2 atom stereocenters. The molecule has 2 aromatic rings. The Labute approximate surface area is 147 Å². The summed E-state index contributed by atoms with van der Waals surface area (Å²) in [5.74, 6) is -12.3. The van der Waals surface area contributed by atoms with Crippen molar-refractivity contribution in [2.45, 2.75) is 18.0 Å². The highest BCUT2D eigenvalue weighted by Gasteiger charge is 2.32. The molecular formula is C15H10F5NO4S. The standard InChI is InChI=1S/C15H10F5NO4S/c16-8-9(17)11(19)13(12(20)10(8)18)24-3-5-1-2-7(25-5)14-21-6(4-26-14)15(22)23/h1-2,6,14,21H,3-4H2,(H,22,23). The van der Waals surface area contributed by atoms with Crippen LogP contribution in [0, 0.1) is 29.1 Å². The Morgan fingerprint density at radius 3 is 2.35 bits per heavy atom. The first-order valence-corrected chi connectivity index (χ1v) is 8.17. The zero-order valence-corrected chi connectivity index (χ0v) is 13.5. The zero-order valence-electron chi connectivity index (χ0n) is 12.7. The monoisotopic (exact) mass is 395 g/mol. The van der Waals surface area contributed by atoms with Crippen molar-refractivity contribution in [3.63, 3.8) is 0 Å². The molecule has 11 heteroatoms. The van der Waals surface area contributed by atoms with Crippen molar-refractivity contribution >= 4 is 17.7 Å². The topological polar surface area (TPSA) is 71.7 Å². The van der Waals surface area contributed by atoms with Gasteiger partial charge in [0.25, 0.3) is 0 Å². The molecule has 0 amide bonds. The molecule has 0 bridgehead atoms. The van der Waals surface area contributed by atoms with Gasteiger partial charge >= 0.3 is 5.97 Å². The van der Waals surface area contributed by atoms with Crippen molar-refractivity contribution in [3.8, 4) is 5.75 Å². The normalized spacial score (nSPS) is 19.7. The molecule has 1 aromatic heterocycles. The maximum absolute atomic E-state index is 13.5. The van der Waals surface area contributed by atoms with E-state index in [-0.39, 0.29) is 5.76 Å². The molecule has 2 unspecified atom stereocenters. The van der Waals surface area contributed by atoms with Crippen LogP contribution in [0.15, 0.2) is 16.5 Å². The van der Waals surface area contributed by atoms with Crippen LogP contribution in [0.4, 0.5) is 22.0 Å². The van der Waals surface area contributed by atoms with Gasteiger partial charge < -0.3 is 14.3 Å². The fraction of sp³-hybridized carbons (Fsp3) is 0.267. The highest BCUT2D eigenvalue weighted by molar-refractivity contribution is 7.99. The lowest BCUT2D eigenvalue weighted by atomic mass is 10.2. The molecule has 5 nitrogen and oxygen atoms in total. The van der Waals surface area contributed by atoms with E-state index in [0.29, 0.717) is 11.5 Å². The van der Waals surface area contributed by atoms with Gasteiger partial charge in [-0.2, -0.15) is 8.78 Å². The summed E-state index contributed by atoms with van der Waals surface area (Å²) < 4.78 is 76.3. The van der Waals surface area contributed by atoms with Crippen molar-refractivity contribution in [1.82, 2.24) is 5.32 Å². The Hall–Kier alpha value is -2.27. The summed E-state index contributed by atoms with van der Waals surface area (Å²) in [6.45, 7) is -0.585. The third kappa shape index (κ3) is 3.36. The fourth-order valence-corrected chi connectivity index (χ4v) is 3.42. The van der Waals surface area contributed by atoms with E-state index in [2.05, 4.69) is 5.32 Å². The van der Waals surface area contributed by atoms with Gasteiger partial charge in [-0.3, -0.25) is 10.1 Å². The number of hydrogen-bond acceptors (Lipinski definition) is 5. The molecule has 2 heterocycles. The van der Waals surface area contributed by atoms with E-state index in [9.17, 15) is 26.7 Å². The van der Waals surface area contributed by atoms with Gasteiger partial charge in [0.1, 0.15) is 29.5 Å². The maximum Gasteiger partial charge on any atom is 0.321 e. The molecule has 0 radical (unpaired) electrons. The summed E-state index contributed by atoms with van der Waals surface area (Å²) in [6, 6.07) is 2.13. The van der Waals surface area contributed by atoms with Crippen LogP contribution in [0.2, 0.25) is 0 Å². The van der Waals surface area contributed by atoms with E-state index in [0.717, 1.165) is 0 Å². The van der Waals surface area contributed by atoms with Crippen molar-refractivity contribution in [1.29, 1.82) is 0 Å². The second-order valence-corrected chi connectivity index (χ2v) is 6.40. The third-order valence-corrected chi connectivity index (χ3v) is 4.78. The number of halogens is 5. The molecule has 0 saturated carbocycles. The van der Waals surface area contributed by atoms with E-state index >= 15 is 0 Å². The summed E-state index contributed by atoms with van der Waals surface area (Å²) in [5, 5.41) is 11.3. The van der Waals surface area contributed by atoms with Gasteiger partial charge in [0, 0.05) is 5.75 Å². The molecule has 0 spiro atoms. The average Bonchev–Trinajstić information content (AvgIpc) is 3.27. The lowest BCUT2D eigenvalue weighted by Gasteiger charge is -2.10. The number of aliphatic carboxylic acids is 1. The molecular weight excluding hydrogens is 385 g/mol. The SMILES string of the molecule is O=C(O)C1CSC(c2ccc(COc3c(F)c(F)c(F)c(F)c3F)o2)N1. The van der Waals surface area contributed by atoms with Crippen molar-refractivity contribution < 1.29 is 41.0 Å². The quantitative estimate of drug-likeness (QED) is 0.460. The number of carboxylic acid groups (broad SMARTS) is 1.